The van der Waals surface area contributed by atoms with Crippen LogP contribution in [0.5, 0.6) is 0 Å². The Hall–Kier alpha value is -1.76. The maximum absolute atomic E-state index is 11.9. The largest absolute Gasteiger partial charge is 0.396 e. The van der Waals surface area contributed by atoms with Crippen LogP contribution in [0.15, 0.2) is 23.1 Å². The Bertz CT molecular complexity index is 612. The molecular weight excluding hydrogens is 290 g/mol. The first-order valence-electron chi connectivity index (χ1n) is 6.79. The number of sulfone groups is 1. The predicted octanol–water partition coefficient (Wildman–Crippen LogP) is 1.02. The van der Waals surface area contributed by atoms with Crippen molar-refractivity contribution in [1.29, 1.82) is 0 Å². The molecule has 0 unspecified atom stereocenters. The van der Waals surface area contributed by atoms with E-state index in [0.29, 0.717) is 12.2 Å². The summed E-state index contributed by atoms with van der Waals surface area (Å²) in [7, 11) is -3.40. The Kier molecular flexibility index (Phi) is 5.60. The van der Waals surface area contributed by atoms with Gasteiger partial charge in [-0.15, -0.1) is 0 Å². The summed E-state index contributed by atoms with van der Waals surface area (Å²) in [6.45, 7) is 6.32. The van der Waals surface area contributed by atoms with Crippen LogP contribution in [-0.4, -0.2) is 39.7 Å². The number of nitrogen functional groups attached to an aromatic ring is 1. The van der Waals surface area contributed by atoms with Crippen LogP contribution < -0.4 is 16.0 Å². The molecule has 7 heteroatoms. The molecule has 0 radical (unpaired) electrons. The van der Waals surface area contributed by atoms with Gasteiger partial charge in [-0.2, -0.15) is 0 Å². The van der Waals surface area contributed by atoms with Crippen molar-refractivity contribution in [3.8, 4) is 0 Å². The number of rotatable bonds is 6. The van der Waals surface area contributed by atoms with Gasteiger partial charge in [-0.1, -0.05) is 6.07 Å². The molecule has 1 rings (SSSR count). The summed E-state index contributed by atoms with van der Waals surface area (Å²) in [6, 6.07) is 4.87. The number of carbonyl (C=O) groups is 1. The van der Waals surface area contributed by atoms with Crippen LogP contribution in [0.25, 0.3) is 0 Å². The van der Waals surface area contributed by atoms with Crippen molar-refractivity contribution < 1.29 is 13.2 Å². The van der Waals surface area contributed by atoms with Gasteiger partial charge in [0.05, 0.1) is 22.8 Å². The number of benzene rings is 1. The summed E-state index contributed by atoms with van der Waals surface area (Å²) in [4.78, 5) is 13.7. The molecule has 0 heterocycles. The van der Waals surface area contributed by atoms with Crippen LogP contribution in [0.4, 0.5) is 11.4 Å². The number of likely N-dealkylation sites (N-methyl/N-ethyl adjacent to an activating group) is 1. The van der Waals surface area contributed by atoms with E-state index in [2.05, 4.69) is 5.32 Å². The number of nitrogens with one attached hydrogen (secondary N) is 1. The van der Waals surface area contributed by atoms with E-state index in [9.17, 15) is 13.2 Å². The molecular formula is C14H23N3O3S. The van der Waals surface area contributed by atoms with Crippen molar-refractivity contribution in [3.05, 3.63) is 18.2 Å². The highest BCUT2D eigenvalue weighted by Gasteiger charge is 2.18. The van der Waals surface area contributed by atoms with Crippen LogP contribution in [-0.2, 0) is 14.6 Å². The van der Waals surface area contributed by atoms with Crippen molar-refractivity contribution in [2.24, 2.45) is 0 Å². The van der Waals surface area contributed by atoms with Crippen molar-refractivity contribution in [2.75, 3.05) is 30.0 Å². The highest BCUT2D eigenvalue weighted by molar-refractivity contribution is 7.90. The lowest BCUT2D eigenvalue weighted by atomic mass is 10.2. The number of hydrogen-bond donors (Lipinski definition) is 2. The standard InChI is InChI=1S/C14H23N3O3S/c1-5-17(9-13(18)16-10(2)3)11-7-6-8-12(14(11)15)21(4,19)20/h6-8,10H,5,9,15H2,1-4H3,(H,16,18). The molecule has 0 saturated heterocycles. The van der Waals surface area contributed by atoms with E-state index in [1.165, 1.54) is 6.07 Å². The molecule has 0 aliphatic carbocycles. The van der Waals surface area contributed by atoms with Crippen molar-refractivity contribution in [2.45, 2.75) is 31.7 Å². The minimum Gasteiger partial charge on any atom is -0.396 e. The molecule has 6 nitrogen and oxygen atoms in total. The molecule has 21 heavy (non-hydrogen) atoms. The maximum atomic E-state index is 11.9. The predicted molar refractivity (Wildman–Crippen MR) is 85.1 cm³/mol. The first-order valence-corrected chi connectivity index (χ1v) is 8.68. The molecule has 1 aromatic carbocycles. The van der Waals surface area contributed by atoms with Gasteiger partial charge in [0.25, 0.3) is 0 Å². The molecule has 0 atom stereocenters. The number of amides is 1. The third-order valence-electron chi connectivity index (χ3n) is 2.95. The zero-order valence-corrected chi connectivity index (χ0v) is 13.7. The average Bonchev–Trinajstić information content (AvgIpc) is 2.34. The van der Waals surface area contributed by atoms with E-state index in [1.807, 2.05) is 20.8 Å². The van der Waals surface area contributed by atoms with Crippen molar-refractivity contribution >= 4 is 27.1 Å². The average molecular weight is 313 g/mol. The first kappa shape index (κ1) is 17.3. The van der Waals surface area contributed by atoms with Gasteiger partial charge in [-0.3, -0.25) is 4.79 Å². The van der Waals surface area contributed by atoms with Gasteiger partial charge in [0.15, 0.2) is 9.84 Å². The molecule has 3 N–H and O–H groups in total. The fourth-order valence-electron chi connectivity index (χ4n) is 2.04. The smallest absolute Gasteiger partial charge is 0.239 e. The highest BCUT2D eigenvalue weighted by atomic mass is 32.2. The van der Waals surface area contributed by atoms with Crippen LogP contribution in [0.3, 0.4) is 0 Å². The summed E-state index contributed by atoms with van der Waals surface area (Å²) in [5, 5.41) is 2.80. The van der Waals surface area contributed by atoms with Crippen LogP contribution in [0.2, 0.25) is 0 Å². The Morgan fingerprint density at radius 3 is 2.48 bits per heavy atom. The number of hydrogen-bond acceptors (Lipinski definition) is 5. The van der Waals surface area contributed by atoms with Gasteiger partial charge < -0.3 is 16.0 Å². The van der Waals surface area contributed by atoms with Gasteiger partial charge in [0, 0.05) is 18.8 Å². The molecule has 0 saturated carbocycles. The molecule has 0 spiro atoms. The summed E-state index contributed by atoms with van der Waals surface area (Å²) in [5.41, 5.74) is 6.71. The maximum Gasteiger partial charge on any atom is 0.239 e. The second kappa shape index (κ2) is 6.80. The van der Waals surface area contributed by atoms with Crippen molar-refractivity contribution in [1.82, 2.24) is 5.32 Å². The van der Waals surface area contributed by atoms with Crippen LogP contribution in [0.1, 0.15) is 20.8 Å². The lowest BCUT2D eigenvalue weighted by Crippen LogP contribution is -2.40. The Morgan fingerprint density at radius 2 is 2.00 bits per heavy atom. The fraction of sp³-hybridized carbons (Fsp3) is 0.500. The van der Waals surface area contributed by atoms with Crippen LogP contribution >= 0.6 is 0 Å². The Morgan fingerprint density at radius 1 is 1.38 bits per heavy atom. The minimum atomic E-state index is -3.40. The van der Waals surface area contributed by atoms with E-state index in [4.69, 9.17) is 5.73 Å². The normalized spacial score (nSPS) is 11.5. The highest BCUT2D eigenvalue weighted by Crippen LogP contribution is 2.29. The summed E-state index contributed by atoms with van der Waals surface area (Å²) in [5.74, 6) is -0.129. The molecule has 118 valence electrons. The second-order valence-electron chi connectivity index (χ2n) is 5.20. The monoisotopic (exact) mass is 313 g/mol. The topological polar surface area (TPSA) is 92.5 Å². The first-order chi connectivity index (χ1) is 9.66. The Labute approximate surface area is 126 Å². The minimum absolute atomic E-state index is 0.0518. The SMILES string of the molecule is CCN(CC(=O)NC(C)C)c1cccc(S(C)(=O)=O)c1N. The Balaban J connectivity index is 3.10. The molecule has 0 aromatic heterocycles. The zero-order valence-electron chi connectivity index (χ0n) is 12.9. The number of nitrogens with zero attached hydrogens (tertiary/aromatic N) is 1. The number of nitrogens with two attached hydrogens (primary N) is 1. The van der Waals surface area contributed by atoms with Crippen LogP contribution in [0, 0.1) is 0 Å². The third kappa shape index (κ3) is 4.63. The van der Waals surface area contributed by atoms with E-state index in [-0.39, 0.29) is 29.1 Å². The van der Waals surface area contributed by atoms with Gasteiger partial charge in [-0.25, -0.2) is 8.42 Å². The molecule has 0 aliphatic rings. The van der Waals surface area contributed by atoms with Crippen molar-refractivity contribution in [3.63, 3.8) is 0 Å². The van der Waals surface area contributed by atoms with E-state index in [0.717, 1.165) is 6.26 Å². The van der Waals surface area contributed by atoms with E-state index in [1.54, 1.807) is 17.0 Å². The number of para-hydroxylation sites is 1. The molecule has 0 bridgehead atoms. The fourth-order valence-corrected chi connectivity index (χ4v) is 2.87. The lowest BCUT2D eigenvalue weighted by Gasteiger charge is -2.25. The van der Waals surface area contributed by atoms with Gasteiger partial charge in [0.1, 0.15) is 0 Å². The van der Waals surface area contributed by atoms with E-state index >= 15 is 0 Å². The quantitative estimate of drug-likeness (QED) is 0.765. The molecule has 0 fully saturated rings. The summed E-state index contributed by atoms with van der Waals surface area (Å²) < 4.78 is 23.4. The summed E-state index contributed by atoms with van der Waals surface area (Å²) >= 11 is 0. The second-order valence-corrected chi connectivity index (χ2v) is 7.18. The zero-order chi connectivity index (χ0) is 16.2. The molecule has 1 aromatic rings. The number of carbonyl (C=O) groups excluding carboxylic acids is 1. The number of anilines is 2. The lowest BCUT2D eigenvalue weighted by molar-refractivity contribution is -0.120. The summed E-state index contributed by atoms with van der Waals surface area (Å²) in [6.07, 6.45) is 1.12. The van der Waals surface area contributed by atoms with E-state index < -0.39 is 9.84 Å². The molecule has 1 amide bonds. The van der Waals surface area contributed by atoms with Gasteiger partial charge in [-0.05, 0) is 32.9 Å². The third-order valence-corrected chi connectivity index (χ3v) is 4.10. The molecule has 0 aliphatic heterocycles. The van der Waals surface area contributed by atoms with Gasteiger partial charge >= 0.3 is 0 Å². The van der Waals surface area contributed by atoms with Gasteiger partial charge in [0.2, 0.25) is 5.91 Å².